The molecule has 1 aromatic carbocycles. The smallest absolute Gasteiger partial charge is 0.257 e. The third-order valence-corrected chi connectivity index (χ3v) is 4.38. The van der Waals surface area contributed by atoms with Crippen LogP contribution >= 0.6 is 27.3 Å². The standard InChI is InChI=1S/C17H12BrN3OS/c18-13-5-3-12(4-6-13)15(10-14-2-1-9-23-14)17(22)21-16-11-19-7-8-20-16/h1-11H,(H,20,21,22)/b15-10+. The fourth-order valence-corrected chi connectivity index (χ4v) is 2.89. The second-order valence-corrected chi connectivity index (χ2v) is 6.52. The Hall–Kier alpha value is -2.31. The quantitative estimate of drug-likeness (QED) is 0.673. The van der Waals surface area contributed by atoms with Crippen LogP contribution in [-0.4, -0.2) is 15.9 Å². The van der Waals surface area contributed by atoms with Crippen molar-refractivity contribution in [1.29, 1.82) is 0 Å². The number of amides is 1. The minimum atomic E-state index is -0.221. The first kappa shape index (κ1) is 15.6. The van der Waals surface area contributed by atoms with Gasteiger partial charge in [-0.05, 0) is 35.2 Å². The maximum atomic E-state index is 12.7. The van der Waals surface area contributed by atoms with E-state index in [1.165, 1.54) is 12.4 Å². The number of hydrogen-bond donors (Lipinski definition) is 1. The monoisotopic (exact) mass is 385 g/mol. The van der Waals surface area contributed by atoms with Crippen molar-refractivity contribution in [2.24, 2.45) is 0 Å². The number of carbonyl (C=O) groups excluding carboxylic acids is 1. The number of halogens is 1. The number of hydrogen-bond acceptors (Lipinski definition) is 4. The van der Waals surface area contributed by atoms with Gasteiger partial charge in [0.15, 0.2) is 5.82 Å². The van der Waals surface area contributed by atoms with Gasteiger partial charge in [-0.2, -0.15) is 0 Å². The maximum absolute atomic E-state index is 12.7. The Labute approximate surface area is 146 Å². The first-order valence-electron chi connectivity index (χ1n) is 6.81. The van der Waals surface area contributed by atoms with E-state index in [4.69, 9.17) is 0 Å². The molecular weight excluding hydrogens is 374 g/mol. The lowest BCUT2D eigenvalue weighted by molar-refractivity contribution is -0.111. The molecule has 2 aromatic heterocycles. The van der Waals surface area contributed by atoms with Gasteiger partial charge < -0.3 is 5.32 Å². The van der Waals surface area contributed by atoms with E-state index in [1.807, 2.05) is 47.9 Å². The van der Waals surface area contributed by atoms with Crippen molar-refractivity contribution in [3.63, 3.8) is 0 Å². The van der Waals surface area contributed by atoms with Gasteiger partial charge in [0.2, 0.25) is 0 Å². The first-order valence-corrected chi connectivity index (χ1v) is 8.48. The molecule has 0 spiro atoms. The van der Waals surface area contributed by atoms with Crippen LogP contribution in [0.1, 0.15) is 10.4 Å². The molecule has 3 rings (SSSR count). The lowest BCUT2D eigenvalue weighted by Crippen LogP contribution is -2.14. The summed E-state index contributed by atoms with van der Waals surface area (Å²) in [7, 11) is 0. The topological polar surface area (TPSA) is 54.9 Å². The molecule has 6 heteroatoms. The molecule has 0 radical (unpaired) electrons. The summed E-state index contributed by atoms with van der Waals surface area (Å²) in [5.74, 6) is 0.202. The largest absolute Gasteiger partial charge is 0.305 e. The van der Waals surface area contributed by atoms with Crippen LogP contribution in [0.25, 0.3) is 11.6 Å². The molecule has 114 valence electrons. The molecule has 0 saturated heterocycles. The molecule has 1 N–H and O–H groups in total. The van der Waals surface area contributed by atoms with Crippen LogP contribution in [0.4, 0.5) is 5.82 Å². The summed E-state index contributed by atoms with van der Waals surface area (Å²) >= 11 is 4.99. The minimum Gasteiger partial charge on any atom is -0.305 e. The predicted octanol–water partition coefficient (Wildman–Crippen LogP) is 4.48. The molecule has 1 amide bonds. The Balaban J connectivity index is 1.95. The summed E-state index contributed by atoms with van der Waals surface area (Å²) in [6, 6.07) is 11.6. The summed E-state index contributed by atoms with van der Waals surface area (Å²) in [6.45, 7) is 0. The van der Waals surface area contributed by atoms with Crippen molar-refractivity contribution in [2.75, 3.05) is 5.32 Å². The second kappa shape index (κ2) is 7.30. The average Bonchev–Trinajstić information content (AvgIpc) is 3.08. The summed E-state index contributed by atoms with van der Waals surface area (Å²) in [5, 5.41) is 4.76. The molecule has 0 atom stereocenters. The highest BCUT2D eigenvalue weighted by Gasteiger charge is 2.13. The van der Waals surface area contributed by atoms with Crippen LogP contribution in [0.2, 0.25) is 0 Å². The summed E-state index contributed by atoms with van der Waals surface area (Å²) in [4.78, 5) is 21.7. The van der Waals surface area contributed by atoms with Gasteiger partial charge >= 0.3 is 0 Å². The lowest BCUT2D eigenvalue weighted by Gasteiger charge is -2.09. The van der Waals surface area contributed by atoms with Gasteiger partial charge in [-0.3, -0.25) is 9.78 Å². The van der Waals surface area contributed by atoms with Gasteiger partial charge in [-0.1, -0.05) is 34.1 Å². The van der Waals surface area contributed by atoms with Gasteiger partial charge in [0.25, 0.3) is 5.91 Å². The summed E-state index contributed by atoms with van der Waals surface area (Å²) in [6.07, 6.45) is 6.49. The second-order valence-electron chi connectivity index (χ2n) is 4.63. The Kier molecular flexibility index (Phi) is 4.95. The number of carbonyl (C=O) groups is 1. The van der Waals surface area contributed by atoms with E-state index >= 15 is 0 Å². The Morgan fingerprint density at radius 2 is 2.00 bits per heavy atom. The molecule has 0 saturated carbocycles. The molecule has 0 fully saturated rings. The molecule has 4 nitrogen and oxygen atoms in total. The van der Waals surface area contributed by atoms with Gasteiger partial charge in [-0.25, -0.2) is 4.98 Å². The normalized spacial score (nSPS) is 11.3. The van der Waals surface area contributed by atoms with Crippen molar-refractivity contribution in [3.8, 4) is 0 Å². The molecule has 0 aliphatic carbocycles. The predicted molar refractivity (Wildman–Crippen MR) is 97.0 cm³/mol. The fourth-order valence-electron chi connectivity index (χ4n) is 1.97. The van der Waals surface area contributed by atoms with Crippen molar-refractivity contribution in [2.45, 2.75) is 0 Å². The van der Waals surface area contributed by atoms with Crippen molar-refractivity contribution >= 4 is 50.6 Å². The molecule has 2 heterocycles. The first-order chi connectivity index (χ1) is 11.2. The van der Waals surface area contributed by atoms with Crippen molar-refractivity contribution in [3.05, 3.63) is 75.3 Å². The number of rotatable bonds is 4. The van der Waals surface area contributed by atoms with E-state index in [0.717, 1.165) is 14.9 Å². The fraction of sp³-hybridized carbons (Fsp3) is 0. The Morgan fingerprint density at radius 3 is 2.65 bits per heavy atom. The van der Waals surface area contributed by atoms with Crippen LogP contribution in [0.15, 0.2) is 64.8 Å². The van der Waals surface area contributed by atoms with Crippen LogP contribution < -0.4 is 5.32 Å². The third kappa shape index (κ3) is 4.12. The Bertz CT molecular complexity index is 815. The molecule has 0 unspecified atom stereocenters. The highest BCUT2D eigenvalue weighted by Crippen LogP contribution is 2.24. The zero-order valence-corrected chi connectivity index (χ0v) is 14.3. The van der Waals surface area contributed by atoms with Gasteiger partial charge in [0.1, 0.15) is 0 Å². The number of anilines is 1. The zero-order valence-electron chi connectivity index (χ0n) is 11.9. The van der Waals surface area contributed by atoms with E-state index in [0.29, 0.717) is 11.4 Å². The van der Waals surface area contributed by atoms with E-state index in [-0.39, 0.29) is 5.91 Å². The molecule has 0 bridgehead atoms. The number of benzene rings is 1. The molecule has 0 aliphatic heterocycles. The highest BCUT2D eigenvalue weighted by atomic mass is 79.9. The maximum Gasteiger partial charge on any atom is 0.257 e. The number of thiophene rings is 1. The van der Waals surface area contributed by atoms with Crippen LogP contribution in [0.3, 0.4) is 0 Å². The van der Waals surface area contributed by atoms with Crippen molar-refractivity contribution < 1.29 is 4.79 Å². The van der Waals surface area contributed by atoms with E-state index in [9.17, 15) is 4.79 Å². The molecule has 3 aromatic rings. The van der Waals surface area contributed by atoms with Crippen LogP contribution in [0.5, 0.6) is 0 Å². The lowest BCUT2D eigenvalue weighted by atomic mass is 10.0. The highest BCUT2D eigenvalue weighted by molar-refractivity contribution is 9.10. The van der Waals surface area contributed by atoms with Gasteiger partial charge in [0, 0.05) is 27.3 Å². The van der Waals surface area contributed by atoms with E-state index < -0.39 is 0 Å². The number of aromatic nitrogens is 2. The minimum absolute atomic E-state index is 0.221. The molecule has 0 aliphatic rings. The van der Waals surface area contributed by atoms with Crippen molar-refractivity contribution in [1.82, 2.24) is 9.97 Å². The zero-order chi connectivity index (χ0) is 16.1. The third-order valence-electron chi connectivity index (χ3n) is 3.03. The van der Waals surface area contributed by atoms with Gasteiger partial charge in [0.05, 0.1) is 6.20 Å². The number of nitrogens with zero attached hydrogens (tertiary/aromatic N) is 2. The van der Waals surface area contributed by atoms with Crippen LogP contribution in [-0.2, 0) is 4.79 Å². The Morgan fingerprint density at radius 1 is 1.17 bits per heavy atom. The summed E-state index contributed by atoms with van der Waals surface area (Å²) < 4.78 is 0.964. The summed E-state index contributed by atoms with van der Waals surface area (Å²) in [5.41, 5.74) is 1.41. The van der Waals surface area contributed by atoms with Gasteiger partial charge in [-0.15, -0.1) is 11.3 Å². The van der Waals surface area contributed by atoms with E-state index in [1.54, 1.807) is 17.5 Å². The molecular formula is C17H12BrN3OS. The SMILES string of the molecule is O=C(Nc1cnccn1)/C(=C/c1cccs1)c1ccc(Br)cc1. The van der Waals surface area contributed by atoms with Crippen LogP contribution in [0, 0.1) is 0 Å². The average molecular weight is 386 g/mol. The van der Waals surface area contributed by atoms with E-state index in [2.05, 4.69) is 31.2 Å². The molecule has 23 heavy (non-hydrogen) atoms. The number of nitrogens with one attached hydrogen (secondary N) is 1.